The lowest BCUT2D eigenvalue weighted by Gasteiger charge is -2.09. The topological polar surface area (TPSA) is 33.4 Å². The molecule has 102 valence electrons. The minimum absolute atomic E-state index is 0.154. The zero-order valence-electron chi connectivity index (χ0n) is 12.3. The van der Waals surface area contributed by atoms with Gasteiger partial charge in [0, 0.05) is 11.3 Å². The van der Waals surface area contributed by atoms with Gasteiger partial charge in [-0.25, -0.2) is 0 Å². The van der Waals surface area contributed by atoms with Crippen molar-refractivity contribution in [2.24, 2.45) is 16.7 Å². The number of hydrogen-bond acceptors (Lipinski definition) is 2. The Hall–Kier alpha value is -1.28. The fourth-order valence-corrected chi connectivity index (χ4v) is 3.53. The maximum atomic E-state index is 10.6. The van der Waals surface area contributed by atoms with Gasteiger partial charge in [0.05, 0.1) is 0 Å². The number of rotatable bonds is 2. The van der Waals surface area contributed by atoms with Crippen LogP contribution in [0, 0.1) is 23.7 Å². The zero-order chi connectivity index (χ0) is 14.0. The molecular weight excluding hydrogens is 236 g/mol. The van der Waals surface area contributed by atoms with E-state index in [-0.39, 0.29) is 16.7 Å². The lowest BCUT2D eigenvalue weighted by molar-refractivity contribution is 0.108. The Labute approximate surface area is 114 Å². The molecule has 1 N–H and O–H groups in total. The van der Waals surface area contributed by atoms with Gasteiger partial charge in [0.1, 0.15) is 17.4 Å². The van der Waals surface area contributed by atoms with Crippen LogP contribution in [0.4, 0.5) is 0 Å². The van der Waals surface area contributed by atoms with Gasteiger partial charge in [-0.05, 0) is 36.0 Å². The highest BCUT2D eigenvalue weighted by molar-refractivity contribution is 5.78. The molecule has 1 aliphatic rings. The van der Waals surface area contributed by atoms with Crippen LogP contribution in [0.15, 0.2) is 28.7 Å². The van der Waals surface area contributed by atoms with Crippen LogP contribution in [0.1, 0.15) is 45.1 Å². The number of aliphatic hydroxyl groups is 1. The van der Waals surface area contributed by atoms with Crippen LogP contribution in [0.2, 0.25) is 0 Å². The van der Waals surface area contributed by atoms with Gasteiger partial charge in [-0.3, -0.25) is 0 Å². The van der Waals surface area contributed by atoms with Crippen molar-refractivity contribution in [1.82, 2.24) is 0 Å². The summed E-state index contributed by atoms with van der Waals surface area (Å²) < 4.78 is 5.82. The highest BCUT2D eigenvalue weighted by Gasteiger charge is 2.67. The fraction of sp³-hybridized carbons (Fsp3) is 0.529. The number of fused-ring (bicyclic) bond motifs is 1. The van der Waals surface area contributed by atoms with Gasteiger partial charge in [0.25, 0.3) is 0 Å². The van der Waals surface area contributed by atoms with E-state index in [0.29, 0.717) is 5.76 Å². The minimum Gasteiger partial charge on any atom is -0.458 e. The first kappa shape index (κ1) is 12.7. The molecule has 3 rings (SSSR count). The Kier molecular flexibility index (Phi) is 2.44. The predicted molar refractivity (Wildman–Crippen MR) is 77.0 cm³/mol. The van der Waals surface area contributed by atoms with Gasteiger partial charge < -0.3 is 9.52 Å². The summed E-state index contributed by atoms with van der Waals surface area (Å²) in [6.07, 6.45) is -0.516. The summed E-state index contributed by atoms with van der Waals surface area (Å²) in [5, 5.41) is 11.7. The van der Waals surface area contributed by atoms with E-state index < -0.39 is 6.10 Å². The van der Waals surface area contributed by atoms with Gasteiger partial charge in [-0.15, -0.1) is 0 Å². The Morgan fingerprint density at radius 2 is 1.74 bits per heavy atom. The second kappa shape index (κ2) is 3.63. The third-order valence-electron chi connectivity index (χ3n) is 5.43. The van der Waals surface area contributed by atoms with E-state index in [1.165, 1.54) is 5.56 Å². The molecule has 0 amide bonds. The predicted octanol–water partition coefficient (Wildman–Crippen LogP) is 4.46. The summed E-state index contributed by atoms with van der Waals surface area (Å²) in [4.78, 5) is 0. The Morgan fingerprint density at radius 3 is 2.32 bits per heavy atom. The van der Waals surface area contributed by atoms with Gasteiger partial charge >= 0.3 is 0 Å². The van der Waals surface area contributed by atoms with Gasteiger partial charge in [0.2, 0.25) is 0 Å². The summed E-state index contributed by atoms with van der Waals surface area (Å²) in [7, 11) is 0. The first-order chi connectivity index (χ1) is 8.75. The third kappa shape index (κ3) is 1.66. The molecule has 0 aliphatic heterocycles. The lowest BCUT2D eigenvalue weighted by atomic mass is 10.0. The van der Waals surface area contributed by atoms with Crippen molar-refractivity contribution in [3.8, 4) is 0 Å². The van der Waals surface area contributed by atoms with Crippen molar-refractivity contribution in [2.45, 2.75) is 40.7 Å². The van der Waals surface area contributed by atoms with E-state index in [4.69, 9.17) is 4.42 Å². The molecule has 1 aromatic heterocycles. The Morgan fingerprint density at radius 1 is 1.11 bits per heavy atom. The van der Waals surface area contributed by atoms with Crippen LogP contribution in [0.5, 0.6) is 0 Å². The van der Waals surface area contributed by atoms with E-state index in [1.54, 1.807) is 0 Å². The molecule has 1 fully saturated rings. The zero-order valence-corrected chi connectivity index (χ0v) is 12.3. The van der Waals surface area contributed by atoms with Crippen molar-refractivity contribution < 1.29 is 9.52 Å². The molecule has 1 aliphatic carbocycles. The molecule has 1 aromatic carbocycles. The minimum atomic E-state index is -0.516. The highest BCUT2D eigenvalue weighted by atomic mass is 16.4. The Bertz CT molecular complexity index is 620. The highest BCUT2D eigenvalue weighted by Crippen LogP contribution is 2.72. The second-order valence-corrected chi connectivity index (χ2v) is 7.06. The maximum absolute atomic E-state index is 10.6. The van der Waals surface area contributed by atoms with E-state index in [0.717, 1.165) is 11.0 Å². The molecule has 2 nitrogen and oxygen atoms in total. The summed E-state index contributed by atoms with van der Waals surface area (Å²) in [5.74, 6) is 0.950. The number of aliphatic hydroxyl groups excluding tert-OH is 1. The molecule has 19 heavy (non-hydrogen) atoms. The second-order valence-electron chi connectivity index (χ2n) is 7.06. The van der Waals surface area contributed by atoms with Gasteiger partial charge in [-0.2, -0.15) is 0 Å². The van der Waals surface area contributed by atoms with Crippen molar-refractivity contribution in [2.75, 3.05) is 0 Å². The van der Waals surface area contributed by atoms with Crippen LogP contribution in [0.25, 0.3) is 11.0 Å². The fourth-order valence-electron chi connectivity index (χ4n) is 3.53. The summed E-state index contributed by atoms with van der Waals surface area (Å²) in [6.45, 7) is 10.9. The van der Waals surface area contributed by atoms with Crippen LogP contribution in [0.3, 0.4) is 0 Å². The normalized spacial score (nSPS) is 22.6. The molecule has 0 saturated heterocycles. The van der Waals surface area contributed by atoms with Crippen LogP contribution in [-0.4, -0.2) is 5.11 Å². The molecule has 1 heterocycles. The van der Waals surface area contributed by atoms with E-state index in [9.17, 15) is 5.11 Å². The molecule has 2 aromatic rings. The van der Waals surface area contributed by atoms with Crippen molar-refractivity contribution >= 4 is 11.0 Å². The molecule has 0 bridgehead atoms. The van der Waals surface area contributed by atoms with Crippen LogP contribution >= 0.6 is 0 Å². The number of aryl methyl sites for hydroxylation is 1. The molecule has 1 unspecified atom stereocenters. The van der Waals surface area contributed by atoms with Crippen LogP contribution < -0.4 is 0 Å². The van der Waals surface area contributed by atoms with Crippen LogP contribution in [-0.2, 0) is 0 Å². The summed E-state index contributed by atoms with van der Waals surface area (Å²) in [6, 6.07) is 8.09. The van der Waals surface area contributed by atoms with Gasteiger partial charge in [0.15, 0.2) is 0 Å². The molecule has 1 atom stereocenters. The first-order valence-electron chi connectivity index (χ1n) is 6.93. The maximum Gasteiger partial charge on any atom is 0.134 e. The largest absolute Gasteiger partial charge is 0.458 e. The Balaban J connectivity index is 1.97. The average Bonchev–Trinajstić information content (AvgIpc) is 2.64. The summed E-state index contributed by atoms with van der Waals surface area (Å²) in [5.41, 5.74) is 2.38. The summed E-state index contributed by atoms with van der Waals surface area (Å²) >= 11 is 0. The van der Waals surface area contributed by atoms with Crippen molar-refractivity contribution in [3.63, 3.8) is 0 Å². The monoisotopic (exact) mass is 258 g/mol. The SMILES string of the molecule is Cc1ccc2oc(C(O)C3C(C)(C)C3(C)C)cc2c1. The molecular formula is C17H22O2. The molecule has 0 spiro atoms. The van der Waals surface area contributed by atoms with E-state index >= 15 is 0 Å². The number of hydrogen-bond donors (Lipinski definition) is 1. The first-order valence-corrected chi connectivity index (χ1v) is 6.93. The smallest absolute Gasteiger partial charge is 0.134 e. The number of benzene rings is 1. The van der Waals surface area contributed by atoms with E-state index in [1.807, 2.05) is 18.2 Å². The lowest BCUT2D eigenvalue weighted by Crippen LogP contribution is -2.04. The standard InChI is InChI=1S/C17H22O2/c1-10-6-7-12-11(8-10)9-13(19-12)14(18)15-16(2,3)17(15,4)5/h6-9,14-15,18H,1-5H3. The molecule has 1 saturated carbocycles. The van der Waals surface area contributed by atoms with E-state index in [2.05, 4.69) is 40.7 Å². The van der Waals surface area contributed by atoms with Crippen molar-refractivity contribution in [3.05, 3.63) is 35.6 Å². The average molecular weight is 258 g/mol. The third-order valence-corrected chi connectivity index (χ3v) is 5.43. The van der Waals surface area contributed by atoms with Crippen molar-refractivity contribution in [1.29, 1.82) is 0 Å². The molecule has 2 heteroatoms. The quantitative estimate of drug-likeness (QED) is 0.863. The van der Waals surface area contributed by atoms with Gasteiger partial charge in [-0.1, -0.05) is 39.3 Å². The number of furan rings is 1. The molecule has 0 radical (unpaired) electrons.